The third-order valence-electron chi connectivity index (χ3n) is 6.82. The number of methoxy groups -OCH3 is 1. The van der Waals surface area contributed by atoms with Gasteiger partial charge in [0, 0.05) is 6.42 Å². The van der Waals surface area contributed by atoms with Gasteiger partial charge in [-0.25, -0.2) is 8.42 Å². The Labute approximate surface area is 165 Å². The van der Waals surface area contributed by atoms with Crippen molar-refractivity contribution in [2.24, 2.45) is 5.41 Å². The number of sulfone groups is 1. The van der Waals surface area contributed by atoms with Gasteiger partial charge in [0.25, 0.3) is 0 Å². The van der Waals surface area contributed by atoms with E-state index in [2.05, 4.69) is 0 Å². The number of fused-ring (bicyclic) bond motifs is 2. The highest BCUT2D eigenvalue weighted by Gasteiger charge is 2.73. The highest BCUT2D eigenvalue weighted by molar-refractivity contribution is 7.92. The zero-order valence-corrected chi connectivity index (χ0v) is 17.2. The minimum absolute atomic E-state index is 0.162. The molecule has 3 aliphatic rings. The maximum atomic E-state index is 13.3. The molecule has 3 heterocycles. The van der Waals surface area contributed by atoms with E-state index < -0.39 is 44.0 Å². The zero-order chi connectivity index (χ0) is 20.2. The highest BCUT2D eigenvalue weighted by Crippen LogP contribution is 2.60. The number of esters is 1. The third-order valence-corrected chi connectivity index (χ3v) is 9.10. The molecule has 0 N–H and O–H groups in total. The number of carbonyl (C=O) groups excluding carboxylic acids is 1. The Morgan fingerprint density at radius 1 is 1.21 bits per heavy atom. The molecule has 7 nitrogen and oxygen atoms in total. The highest BCUT2D eigenvalue weighted by atomic mass is 32.2. The smallest absolute Gasteiger partial charge is 0.319 e. The lowest BCUT2D eigenvalue weighted by molar-refractivity contribution is -0.317. The van der Waals surface area contributed by atoms with Gasteiger partial charge < -0.3 is 18.9 Å². The predicted molar refractivity (Wildman–Crippen MR) is 99.3 cm³/mol. The molecule has 0 amide bonds. The second-order valence-electron chi connectivity index (χ2n) is 8.03. The van der Waals surface area contributed by atoms with Crippen LogP contribution in [0.5, 0.6) is 0 Å². The van der Waals surface area contributed by atoms with Crippen LogP contribution in [0.2, 0.25) is 0 Å². The number of carbonyl (C=O) groups is 1. The van der Waals surface area contributed by atoms with Gasteiger partial charge in [-0.1, -0.05) is 18.2 Å². The van der Waals surface area contributed by atoms with Crippen LogP contribution in [-0.2, 0) is 33.6 Å². The van der Waals surface area contributed by atoms with Gasteiger partial charge in [-0.2, -0.15) is 0 Å². The largest absolute Gasteiger partial charge is 0.468 e. The van der Waals surface area contributed by atoms with Gasteiger partial charge in [0.05, 0.1) is 42.2 Å². The molecule has 28 heavy (non-hydrogen) atoms. The van der Waals surface area contributed by atoms with Crippen LogP contribution < -0.4 is 0 Å². The van der Waals surface area contributed by atoms with Crippen molar-refractivity contribution in [2.75, 3.05) is 20.3 Å². The zero-order valence-electron chi connectivity index (χ0n) is 16.3. The number of ether oxygens (including phenoxy) is 4. The lowest BCUT2D eigenvalue weighted by atomic mass is 9.71. The van der Waals surface area contributed by atoms with Crippen molar-refractivity contribution >= 4 is 15.8 Å². The van der Waals surface area contributed by atoms with Gasteiger partial charge in [-0.05, 0) is 38.8 Å². The summed E-state index contributed by atoms with van der Waals surface area (Å²) >= 11 is 0. The molecule has 1 aromatic rings. The van der Waals surface area contributed by atoms with Crippen LogP contribution in [-0.4, -0.2) is 57.5 Å². The van der Waals surface area contributed by atoms with Crippen molar-refractivity contribution in [3.8, 4) is 0 Å². The molecule has 0 saturated carbocycles. The molecular formula is C20H26O7S. The summed E-state index contributed by atoms with van der Waals surface area (Å²) in [6.07, 6.45) is 0.663. The Hall–Kier alpha value is -1.48. The molecular weight excluding hydrogens is 384 g/mol. The summed E-state index contributed by atoms with van der Waals surface area (Å²) in [6.45, 7) is 4.10. The lowest BCUT2D eigenvalue weighted by Crippen LogP contribution is -2.67. The van der Waals surface area contributed by atoms with Gasteiger partial charge in [-0.3, -0.25) is 4.79 Å². The maximum absolute atomic E-state index is 13.3. The van der Waals surface area contributed by atoms with E-state index in [1.807, 2.05) is 0 Å². The fourth-order valence-corrected chi connectivity index (χ4v) is 6.80. The monoisotopic (exact) mass is 410 g/mol. The molecule has 8 heteroatoms. The molecule has 3 fully saturated rings. The molecule has 1 unspecified atom stereocenters. The van der Waals surface area contributed by atoms with E-state index in [0.29, 0.717) is 26.1 Å². The minimum Gasteiger partial charge on any atom is -0.468 e. The molecule has 3 saturated heterocycles. The van der Waals surface area contributed by atoms with E-state index in [1.165, 1.54) is 7.11 Å². The van der Waals surface area contributed by atoms with Crippen molar-refractivity contribution < 1.29 is 32.2 Å². The van der Waals surface area contributed by atoms with E-state index in [1.54, 1.807) is 44.2 Å². The molecule has 1 spiro atoms. The molecule has 4 rings (SSSR count). The van der Waals surface area contributed by atoms with E-state index in [9.17, 15) is 13.2 Å². The van der Waals surface area contributed by atoms with Crippen LogP contribution in [0, 0.1) is 5.41 Å². The van der Waals surface area contributed by atoms with E-state index in [-0.39, 0.29) is 11.3 Å². The first kappa shape index (κ1) is 19.8. The van der Waals surface area contributed by atoms with Crippen LogP contribution in [0.3, 0.4) is 0 Å². The minimum atomic E-state index is -3.64. The molecule has 2 bridgehead atoms. The summed E-state index contributed by atoms with van der Waals surface area (Å²) in [4.78, 5) is 13.0. The Bertz CT molecular complexity index is 862. The van der Waals surface area contributed by atoms with E-state index >= 15 is 0 Å². The Kier molecular flexibility index (Phi) is 4.61. The molecule has 1 aromatic carbocycles. The topological polar surface area (TPSA) is 88.1 Å². The number of hydrogen-bond acceptors (Lipinski definition) is 7. The summed E-state index contributed by atoms with van der Waals surface area (Å²) in [7, 11) is -2.32. The van der Waals surface area contributed by atoms with Crippen molar-refractivity contribution in [3.05, 3.63) is 30.3 Å². The molecule has 4 atom stereocenters. The van der Waals surface area contributed by atoms with Crippen LogP contribution >= 0.6 is 0 Å². The number of hydrogen-bond donors (Lipinski definition) is 0. The van der Waals surface area contributed by atoms with Crippen LogP contribution in [0.4, 0.5) is 0 Å². The van der Waals surface area contributed by atoms with Gasteiger partial charge >= 0.3 is 5.97 Å². The van der Waals surface area contributed by atoms with Crippen molar-refractivity contribution in [2.45, 2.75) is 60.7 Å². The normalized spacial score (nSPS) is 35.0. The number of rotatable bonds is 4. The van der Waals surface area contributed by atoms with E-state index in [4.69, 9.17) is 18.9 Å². The van der Waals surface area contributed by atoms with Crippen LogP contribution in [0.25, 0.3) is 0 Å². The first-order chi connectivity index (χ1) is 13.2. The average Bonchev–Trinajstić information content (AvgIpc) is 3.33. The van der Waals surface area contributed by atoms with Crippen LogP contribution in [0.15, 0.2) is 35.2 Å². The molecule has 0 aliphatic carbocycles. The Morgan fingerprint density at radius 2 is 1.86 bits per heavy atom. The molecule has 3 aliphatic heterocycles. The fraction of sp³-hybridized carbons (Fsp3) is 0.650. The maximum Gasteiger partial charge on any atom is 0.319 e. The van der Waals surface area contributed by atoms with Gasteiger partial charge in [0.15, 0.2) is 15.6 Å². The van der Waals surface area contributed by atoms with Crippen molar-refractivity contribution in [1.82, 2.24) is 0 Å². The summed E-state index contributed by atoms with van der Waals surface area (Å²) < 4.78 is 50.0. The third kappa shape index (κ3) is 2.51. The van der Waals surface area contributed by atoms with Gasteiger partial charge in [-0.15, -0.1) is 0 Å². The molecule has 0 aromatic heterocycles. The quantitative estimate of drug-likeness (QED) is 0.702. The molecule has 0 radical (unpaired) electrons. The summed E-state index contributed by atoms with van der Waals surface area (Å²) in [5, 5.41) is -0.820. The van der Waals surface area contributed by atoms with Crippen molar-refractivity contribution in [3.63, 3.8) is 0 Å². The first-order valence-electron chi connectivity index (χ1n) is 9.55. The first-order valence-corrected chi connectivity index (χ1v) is 11.1. The summed E-state index contributed by atoms with van der Waals surface area (Å²) in [5.74, 6) is -1.71. The second kappa shape index (κ2) is 6.52. The van der Waals surface area contributed by atoms with Crippen molar-refractivity contribution in [1.29, 1.82) is 0 Å². The molecule has 154 valence electrons. The Morgan fingerprint density at radius 3 is 2.46 bits per heavy atom. The SMILES string of the molecule is COC(=O)[C@@]1(C)[C@H]2CC[C@@](C(C)S(=O)(=O)c3ccccc3)(CC13OCCO3)O2. The lowest BCUT2D eigenvalue weighted by Gasteiger charge is -2.53. The van der Waals surface area contributed by atoms with Gasteiger partial charge in [0.1, 0.15) is 5.41 Å². The average molecular weight is 410 g/mol. The standard InChI is InChI=1S/C20H26O7S/c1-14(28(22,23)15-7-5-4-6-8-15)19-10-9-16(27-19)18(2,17(21)24-3)20(13-19)25-11-12-26-20/h4-8,14,16H,9-13H2,1-3H3/t14?,16-,18-,19+/m1/s1. The van der Waals surface area contributed by atoms with Crippen LogP contribution in [0.1, 0.15) is 33.1 Å². The van der Waals surface area contributed by atoms with Gasteiger partial charge in [0.2, 0.25) is 0 Å². The fourth-order valence-electron chi connectivity index (χ4n) is 5.03. The predicted octanol–water partition coefficient (Wildman–Crippen LogP) is 2.09. The summed E-state index contributed by atoms with van der Waals surface area (Å²) in [6, 6.07) is 8.37. The number of benzene rings is 1. The van der Waals surface area contributed by atoms with E-state index in [0.717, 1.165) is 0 Å². The summed E-state index contributed by atoms with van der Waals surface area (Å²) in [5.41, 5.74) is -2.15. The second-order valence-corrected chi connectivity index (χ2v) is 10.3. The Balaban J connectivity index is 1.76.